The van der Waals surface area contributed by atoms with Crippen LogP contribution in [0.15, 0.2) is 24.4 Å². The molecule has 146 valence electrons. The predicted octanol–water partition coefficient (Wildman–Crippen LogP) is 4.07. The Morgan fingerprint density at radius 1 is 1.48 bits per heavy atom. The van der Waals surface area contributed by atoms with Crippen molar-refractivity contribution in [1.29, 1.82) is 0 Å². The Bertz CT molecular complexity index is 858. The zero-order valence-electron chi connectivity index (χ0n) is 15.7. The molecule has 7 nitrogen and oxygen atoms in total. The van der Waals surface area contributed by atoms with Crippen LogP contribution >= 0.6 is 0 Å². The van der Waals surface area contributed by atoms with Crippen molar-refractivity contribution < 1.29 is 18.8 Å². The quantitative estimate of drug-likeness (QED) is 0.643. The number of rotatable bonds is 4. The van der Waals surface area contributed by atoms with Crippen molar-refractivity contribution in [3.05, 3.63) is 45.9 Å². The van der Waals surface area contributed by atoms with Gasteiger partial charge in [-0.1, -0.05) is 0 Å². The van der Waals surface area contributed by atoms with Crippen LogP contribution in [-0.2, 0) is 4.74 Å². The Morgan fingerprint density at radius 2 is 2.22 bits per heavy atom. The SMILES string of the molecule is CC(C)(C)OC(=O)N1CCCC1C(C[N+](=O)[O-])c1c[nH]c2cc(F)ccc12. The molecule has 2 aromatic rings. The van der Waals surface area contributed by atoms with Crippen molar-refractivity contribution in [2.24, 2.45) is 0 Å². The van der Waals surface area contributed by atoms with Crippen LogP contribution < -0.4 is 0 Å². The summed E-state index contributed by atoms with van der Waals surface area (Å²) >= 11 is 0. The van der Waals surface area contributed by atoms with E-state index >= 15 is 0 Å². The Morgan fingerprint density at radius 3 is 2.89 bits per heavy atom. The van der Waals surface area contributed by atoms with Crippen molar-refractivity contribution in [1.82, 2.24) is 9.88 Å². The van der Waals surface area contributed by atoms with E-state index in [1.807, 2.05) is 0 Å². The molecular weight excluding hydrogens is 353 g/mol. The molecule has 0 aliphatic carbocycles. The summed E-state index contributed by atoms with van der Waals surface area (Å²) in [6.45, 7) is 5.56. The fourth-order valence-corrected chi connectivity index (χ4v) is 3.77. The number of ether oxygens (including phenoxy) is 1. The summed E-state index contributed by atoms with van der Waals surface area (Å²) in [6.07, 6.45) is 2.65. The van der Waals surface area contributed by atoms with Crippen LogP contribution in [0.2, 0.25) is 0 Å². The molecule has 3 rings (SSSR count). The van der Waals surface area contributed by atoms with Crippen molar-refractivity contribution in [3.8, 4) is 0 Å². The van der Waals surface area contributed by atoms with Crippen LogP contribution in [-0.4, -0.2) is 45.6 Å². The maximum absolute atomic E-state index is 13.5. The number of hydrogen-bond acceptors (Lipinski definition) is 4. The minimum Gasteiger partial charge on any atom is -0.444 e. The van der Waals surface area contributed by atoms with Crippen LogP contribution in [0.1, 0.15) is 45.1 Å². The van der Waals surface area contributed by atoms with Crippen LogP contribution in [0.25, 0.3) is 10.9 Å². The minimum absolute atomic E-state index is 0.311. The molecule has 0 saturated carbocycles. The monoisotopic (exact) mass is 377 g/mol. The first-order chi connectivity index (χ1) is 12.7. The van der Waals surface area contributed by atoms with E-state index in [9.17, 15) is 19.3 Å². The summed E-state index contributed by atoms with van der Waals surface area (Å²) in [5.41, 5.74) is 0.670. The molecule has 1 amide bonds. The zero-order valence-corrected chi connectivity index (χ0v) is 15.7. The second kappa shape index (κ2) is 7.17. The molecule has 8 heteroatoms. The topological polar surface area (TPSA) is 88.5 Å². The Kier molecular flexibility index (Phi) is 5.08. The highest BCUT2D eigenvalue weighted by atomic mass is 19.1. The summed E-state index contributed by atoms with van der Waals surface area (Å²) in [5.74, 6) is -0.882. The first-order valence-corrected chi connectivity index (χ1v) is 9.03. The molecule has 1 aliphatic heterocycles. The lowest BCUT2D eigenvalue weighted by Crippen LogP contribution is -2.43. The van der Waals surface area contributed by atoms with Crippen LogP contribution in [0.5, 0.6) is 0 Å². The van der Waals surface area contributed by atoms with E-state index in [0.29, 0.717) is 18.5 Å². The molecule has 1 saturated heterocycles. The molecular formula is C19H24FN3O4. The molecule has 1 N–H and O–H groups in total. The standard InChI is InChI=1S/C19H24FN3O4/c1-19(2,3)27-18(24)22-8-4-5-17(22)15(11-23(25)26)14-10-21-16-9-12(20)6-7-13(14)16/h6-7,9-10,15,17,21H,4-5,8,11H2,1-3H3. The van der Waals surface area contributed by atoms with E-state index in [1.54, 1.807) is 37.9 Å². The van der Waals surface area contributed by atoms with E-state index in [0.717, 1.165) is 17.4 Å². The highest BCUT2D eigenvalue weighted by Gasteiger charge is 2.40. The molecule has 1 aromatic heterocycles. The number of likely N-dealkylation sites (tertiary alicyclic amines) is 1. The number of hydrogen-bond donors (Lipinski definition) is 1. The molecule has 1 fully saturated rings. The second-order valence-electron chi connectivity index (χ2n) is 7.94. The fourth-order valence-electron chi connectivity index (χ4n) is 3.77. The molecule has 2 atom stereocenters. The molecule has 27 heavy (non-hydrogen) atoms. The number of nitrogens with one attached hydrogen (secondary N) is 1. The van der Waals surface area contributed by atoms with Gasteiger partial charge in [0.15, 0.2) is 0 Å². The molecule has 0 spiro atoms. The molecule has 2 unspecified atom stereocenters. The van der Waals surface area contributed by atoms with Gasteiger partial charge in [0.1, 0.15) is 11.4 Å². The summed E-state index contributed by atoms with van der Waals surface area (Å²) in [7, 11) is 0. The fraction of sp³-hybridized carbons (Fsp3) is 0.526. The van der Waals surface area contributed by atoms with Gasteiger partial charge in [0.2, 0.25) is 6.54 Å². The summed E-state index contributed by atoms with van der Waals surface area (Å²) < 4.78 is 19.0. The Balaban J connectivity index is 1.96. The minimum atomic E-state index is -0.638. The van der Waals surface area contributed by atoms with E-state index in [1.165, 1.54) is 12.1 Å². The van der Waals surface area contributed by atoms with E-state index in [-0.39, 0.29) is 23.3 Å². The Hall–Kier alpha value is -2.64. The molecule has 2 heterocycles. The number of benzene rings is 1. The number of carbonyl (C=O) groups excluding carboxylic acids is 1. The van der Waals surface area contributed by atoms with Crippen molar-refractivity contribution >= 4 is 17.0 Å². The maximum atomic E-state index is 13.5. The summed E-state index contributed by atoms with van der Waals surface area (Å²) in [4.78, 5) is 28.2. The van der Waals surface area contributed by atoms with E-state index < -0.39 is 17.6 Å². The number of amides is 1. The summed E-state index contributed by atoms with van der Waals surface area (Å²) in [6, 6.07) is 3.98. The number of carbonyl (C=O) groups is 1. The average molecular weight is 377 g/mol. The van der Waals surface area contributed by atoms with Gasteiger partial charge in [-0.3, -0.25) is 10.1 Å². The predicted molar refractivity (Wildman–Crippen MR) is 98.8 cm³/mol. The number of aromatic amines is 1. The highest BCUT2D eigenvalue weighted by molar-refractivity contribution is 5.84. The number of nitrogens with zero attached hydrogens (tertiary/aromatic N) is 2. The zero-order chi connectivity index (χ0) is 19.8. The van der Waals surface area contributed by atoms with Crippen molar-refractivity contribution in [2.75, 3.05) is 13.1 Å². The largest absolute Gasteiger partial charge is 0.444 e. The lowest BCUT2D eigenvalue weighted by atomic mass is 9.89. The molecule has 0 bridgehead atoms. The highest BCUT2D eigenvalue weighted by Crippen LogP contribution is 2.36. The smallest absolute Gasteiger partial charge is 0.410 e. The van der Waals surface area contributed by atoms with Crippen LogP contribution in [0, 0.1) is 15.9 Å². The van der Waals surface area contributed by atoms with E-state index in [2.05, 4.69) is 4.98 Å². The first-order valence-electron chi connectivity index (χ1n) is 9.03. The lowest BCUT2D eigenvalue weighted by molar-refractivity contribution is -0.484. The summed E-state index contributed by atoms with van der Waals surface area (Å²) in [5, 5.41) is 12.1. The van der Waals surface area contributed by atoms with Crippen LogP contribution in [0.3, 0.4) is 0 Å². The normalized spacial score (nSPS) is 18.7. The Labute approximate surface area is 156 Å². The van der Waals surface area contributed by atoms with Gasteiger partial charge in [0.05, 0.1) is 5.92 Å². The van der Waals surface area contributed by atoms with Gasteiger partial charge < -0.3 is 14.6 Å². The first kappa shape index (κ1) is 19.1. The number of halogens is 1. The molecule has 0 radical (unpaired) electrons. The van der Waals surface area contributed by atoms with Gasteiger partial charge in [0, 0.05) is 34.6 Å². The number of nitro groups is 1. The van der Waals surface area contributed by atoms with Gasteiger partial charge in [-0.15, -0.1) is 0 Å². The average Bonchev–Trinajstić information content (AvgIpc) is 3.17. The number of aromatic nitrogens is 1. The van der Waals surface area contributed by atoms with Gasteiger partial charge in [-0.2, -0.15) is 0 Å². The molecule has 1 aliphatic rings. The number of H-pyrrole nitrogens is 1. The van der Waals surface area contributed by atoms with Crippen molar-refractivity contribution in [3.63, 3.8) is 0 Å². The maximum Gasteiger partial charge on any atom is 0.410 e. The third-order valence-corrected chi connectivity index (χ3v) is 4.81. The van der Waals surface area contributed by atoms with Gasteiger partial charge in [-0.05, 0) is 57.4 Å². The van der Waals surface area contributed by atoms with Gasteiger partial charge in [-0.25, -0.2) is 9.18 Å². The second-order valence-corrected chi connectivity index (χ2v) is 7.94. The van der Waals surface area contributed by atoms with Crippen molar-refractivity contribution in [2.45, 2.75) is 51.2 Å². The van der Waals surface area contributed by atoms with E-state index in [4.69, 9.17) is 4.74 Å². The third-order valence-electron chi connectivity index (χ3n) is 4.81. The van der Waals surface area contributed by atoms with Gasteiger partial charge >= 0.3 is 6.09 Å². The number of fused-ring (bicyclic) bond motifs is 1. The van der Waals surface area contributed by atoms with Gasteiger partial charge in [0.25, 0.3) is 0 Å². The molecule has 1 aromatic carbocycles. The lowest BCUT2D eigenvalue weighted by Gasteiger charge is -2.31. The van der Waals surface area contributed by atoms with Crippen LogP contribution in [0.4, 0.5) is 9.18 Å². The third kappa shape index (κ3) is 4.20.